The number of nitrogens with zero attached hydrogens (tertiary/aromatic N) is 1. The fourth-order valence-corrected chi connectivity index (χ4v) is 4.15. The summed E-state index contributed by atoms with van der Waals surface area (Å²) in [5.41, 5.74) is 2.97. The predicted molar refractivity (Wildman–Crippen MR) is 128 cm³/mol. The number of ketones is 1. The molecule has 3 aromatic rings. The van der Waals surface area contributed by atoms with Gasteiger partial charge in [-0.3, -0.25) is 9.59 Å². The highest BCUT2D eigenvalue weighted by atomic mass is 19.1. The van der Waals surface area contributed by atoms with Gasteiger partial charge in [-0.25, -0.2) is 4.39 Å². The number of hydrogen-bond donors (Lipinski definition) is 2. The molecule has 0 spiro atoms. The monoisotopic (exact) mass is 445 g/mol. The van der Waals surface area contributed by atoms with Crippen molar-refractivity contribution in [2.75, 3.05) is 31.1 Å². The molecule has 1 unspecified atom stereocenters. The quantitative estimate of drug-likeness (QED) is 0.558. The fourth-order valence-electron chi connectivity index (χ4n) is 4.15. The Balaban J connectivity index is 1.57. The van der Waals surface area contributed by atoms with Gasteiger partial charge in [0, 0.05) is 43.9 Å². The lowest BCUT2D eigenvalue weighted by molar-refractivity contribution is -0.120. The van der Waals surface area contributed by atoms with Crippen molar-refractivity contribution in [1.82, 2.24) is 10.6 Å². The standard InChI is InChI=1S/C27H28FN3O2/c28-23-11-12-25(31-15-13-29-14-16-31)22(18-23)19-26(32)24(17-20-7-3-1-4-8-20)30-27(33)21-9-5-2-6-10-21/h1-12,18,24,29H,13-17,19H2,(H,30,33). The van der Waals surface area contributed by atoms with Crippen molar-refractivity contribution in [2.24, 2.45) is 0 Å². The molecule has 1 amide bonds. The van der Waals surface area contributed by atoms with E-state index in [1.54, 1.807) is 30.3 Å². The van der Waals surface area contributed by atoms with E-state index in [4.69, 9.17) is 0 Å². The van der Waals surface area contributed by atoms with Crippen LogP contribution in [-0.4, -0.2) is 43.9 Å². The molecular weight excluding hydrogens is 417 g/mol. The number of benzene rings is 3. The topological polar surface area (TPSA) is 61.4 Å². The molecule has 33 heavy (non-hydrogen) atoms. The van der Waals surface area contributed by atoms with E-state index in [2.05, 4.69) is 15.5 Å². The van der Waals surface area contributed by atoms with Gasteiger partial charge in [-0.05, 0) is 47.9 Å². The zero-order valence-corrected chi connectivity index (χ0v) is 18.5. The SMILES string of the molecule is O=C(NC(Cc1ccccc1)C(=O)Cc1cc(F)ccc1N1CCNCC1)c1ccccc1. The smallest absolute Gasteiger partial charge is 0.251 e. The van der Waals surface area contributed by atoms with Crippen LogP contribution in [0, 0.1) is 5.82 Å². The van der Waals surface area contributed by atoms with Crippen LogP contribution in [0.25, 0.3) is 0 Å². The number of piperazine rings is 1. The maximum absolute atomic E-state index is 14.1. The summed E-state index contributed by atoms with van der Waals surface area (Å²) in [5.74, 6) is -0.818. The highest BCUT2D eigenvalue weighted by molar-refractivity contribution is 5.98. The van der Waals surface area contributed by atoms with Gasteiger partial charge in [-0.1, -0.05) is 48.5 Å². The van der Waals surface area contributed by atoms with Crippen molar-refractivity contribution in [2.45, 2.75) is 18.9 Å². The van der Waals surface area contributed by atoms with E-state index in [0.717, 1.165) is 37.4 Å². The molecule has 1 saturated heterocycles. The van der Waals surface area contributed by atoms with Crippen LogP contribution >= 0.6 is 0 Å². The van der Waals surface area contributed by atoms with Crippen LogP contribution in [0.5, 0.6) is 0 Å². The Labute approximate surface area is 193 Å². The third kappa shape index (κ3) is 6.05. The molecule has 170 valence electrons. The zero-order valence-electron chi connectivity index (χ0n) is 18.5. The van der Waals surface area contributed by atoms with Crippen molar-refractivity contribution in [1.29, 1.82) is 0 Å². The largest absolute Gasteiger partial charge is 0.369 e. The first-order chi connectivity index (χ1) is 16.1. The molecule has 3 aromatic carbocycles. The first-order valence-corrected chi connectivity index (χ1v) is 11.3. The lowest BCUT2D eigenvalue weighted by Gasteiger charge is -2.31. The molecule has 2 N–H and O–H groups in total. The zero-order chi connectivity index (χ0) is 23.0. The minimum Gasteiger partial charge on any atom is -0.369 e. The Hall–Kier alpha value is -3.51. The summed E-state index contributed by atoms with van der Waals surface area (Å²) in [4.78, 5) is 28.5. The molecule has 1 aliphatic heterocycles. The van der Waals surface area contributed by atoms with Crippen LogP contribution in [0.1, 0.15) is 21.5 Å². The van der Waals surface area contributed by atoms with Crippen molar-refractivity contribution in [3.8, 4) is 0 Å². The summed E-state index contributed by atoms with van der Waals surface area (Å²) in [6.07, 6.45) is 0.417. The lowest BCUT2D eigenvalue weighted by Crippen LogP contribution is -2.45. The molecule has 0 saturated carbocycles. The van der Waals surface area contributed by atoms with Gasteiger partial charge >= 0.3 is 0 Å². The molecule has 0 aliphatic carbocycles. The van der Waals surface area contributed by atoms with Crippen LogP contribution in [0.3, 0.4) is 0 Å². The molecule has 1 heterocycles. The molecule has 1 atom stereocenters. The third-order valence-electron chi connectivity index (χ3n) is 5.88. The second kappa shape index (κ2) is 10.9. The molecule has 1 fully saturated rings. The fraction of sp³-hybridized carbons (Fsp3) is 0.259. The van der Waals surface area contributed by atoms with Gasteiger partial charge in [-0.15, -0.1) is 0 Å². The Kier molecular flexibility index (Phi) is 7.47. The minimum atomic E-state index is -0.723. The molecule has 0 bridgehead atoms. The second-order valence-corrected chi connectivity index (χ2v) is 8.23. The summed E-state index contributed by atoms with van der Waals surface area (Å²) >= 11 is 0. The molecule has 6 heteroatoms. The first-order valence-electron chi connectivity index (χ1n) is 11.3. The molecule has 5 nitrogen and oxygen atoms in total. The minimum absolute atomic E-state index is 0.0452. The second-order valence-electron chi connectivity index (χ2n) is 8.23. The summed E-state index contributed by atoms with van der Waals surface area (Å²) in [5, 5.41) is 6.22. The van der Waals surface area contributed by atoms with E-state index in [0.29, 0.717) is 17.5 Å². The Morgan fingerprint density at radius 2 is 1.61 bits per heavy atom. The number of amides is 1. The average molecular weight is 446 g/mol. The number of Topliss-reactive ketones (excluding diaryl/α,β-unsaturated/α-hetero) is 1. The van der Waals surface area contributed by atoms with Gasteiger partial charge in [0.05, 0.1) is 6.04 Å². The lowest BCUT2D eigenvalue weighted by atomic mass is 9.96. The van der Waals surface area contributed by atoms with Crippen molar-refractivity contribution >= 4 is 17.4 Å². The summed E-state index contributed by atoms with van der Waals surface area (Å²) < 4.78 is 14.1. The Bertz CT molecular complexity index is 1080. The van der Waals surface area contributed by atoms with E-state index in [1.807, 2.05) is 36.4 Å². The van der Waals surface area contributed by atoms with Gasteiger partial charge in [0.2, 0.25) is 0 Å². The van der Waals surface area contributed by atoms with Crippen LogP contribution in [0.2, 0.25) is 0 Å². The number of hydrogen-bond acceptors (Lipinski definition) is 4. The van der Waals surface area contributed by atoms with E-state index < -0.39 is 6.04 Å². The van der Waals surface area contributed by atoms with Crippen LogP contribution in [-0.2, 0) is 17.6 Å². The Morgan fingerprint density at radius 3 is 2.30 bits per heavy atom. The Morgan fingerprint density at radius 1 is 0.939 bits per heavy atom. The van der Waals surface area contributed by atoms with Gasteiger partial charge in [0.1, 0.15) is 5.82 Å². The van der Waals surface area contributed by atoms with Gasteiger partial charge in [0.25, 0.3) is 5.91 Å². The van der Waals surface area contributed by atoms with Crippen LogP contribution in [0.15, 0.2) is 78.9 Å². The highest BCUT2D eigenvalue weighted by Crippen LogP contribution is 2.24. The normalized spacial score (nSPS) is 14.5. The summed E-state index contributed by atoms with van der Waals surface area (Å²) in [6, 6.07) is 22.3. The highest BCUT2D eigenvalue weighted by Gasteiger charge is 2.24. The van der Waals surface area contributed by atoms with E-state index in [-0.39, 0.29) is 23.9 Å². The third-order valence-corrected chi connectivity index (χ3v) is 5.88. The van der Waals surface area contributed by atoms with Gasteiger partial charge in [-0.2, -0.15) is 0 Å². The van der Waals surface area contributed by atoms with E-state index >= 15 is 0 Å². The first kappa shape index (κ1) is 22.7. The maximum atomic E-state index is 14.1. The van der Waals surface area contributed by atoms with Gasteiger partial charge < -0.3 is 15.5 Å². The molecule has 0 aromatic heterocycles. The number of halogens is 1. The number of nitrogens with one attached hydrogen (secondary N) is 2. The predicted octanol–water partition coefficient (Wildman–Crippen LogP) is 3.39. The number of carbonyl (C=O) groups excluding carboxylic acids is 2. The molecule has 1 aliphatic rings. The molecule has 4 rings (SSSR count). The summed E-state index contributed by atoms with van der Waals surface area (Å²) in [6.45, 7) is 3.28. The number of anilines is 1. The van der Waals surface area contributed by atoms with Gasteiger partial charge in [0.15, 0.2) is 5.78 Å². The van der Waals surface area contributed by atoms with E-state index in [1.165, 1.54) is 12.1 Å². The molecular formula is C27H28FN3O2. The van der Waals surface area contributed by atoms with E-state index in [9.17, 15) is 14.0 Å². The van der Waals surface area contributed by atoms with Crippen LogP contribution < -0.4 is 15.5 Å². The summed E-state index contributed by atoms with van der Waals surface area (Å²) in [7, 11) is 0. The maximum Gasteiger partial charge on any atom is 0.251 e. The number of rotatable bonds is 8. The van der Waals surface area contributed by atoms with Crippen molar-refractivity contribution in [3.63, 3.8) is 0 Å². The van der Waals surface area contributed by atoms with Crippen molar-refractivity contribution in [3.05, 3.63) is 101 Å². The van der Waals surface area contributed by atoms with Crippen LogP contribution in [0.4, 0.5) is 10.1 Å². The average Bonchev–Trinajstić information content (AvgIpc) is 2.85. The number of carbonyl (C=O) groups is 2. The van der Waals surface area contributed by atoms with Crippen molar-refractivity contribution < 1.29 is 14.0 Å². The molecule has 0 radical (unpaired) electrons.